The molecule has 7 nitrogen and oxygen atoms in total. The first kappa shape index (κ1) is 17.6. The van der Waals surface area contributed by atoms with E-state index in [-0.39, 0.29) is 22.6 Å². The Hall–Kier alpha value is -3.20. The van der Waals surface area contributed by atoms with E-state index in [0.717, 1.165) is 17.0 Å². The number of benzene rings is 2. The number of nitrogens with zero attached hydrogens (tertiary/aromatic N) is 2. The van der Waals surface area contributed by atoms with Crippen molar-refractivity contribution in [1.82, 2.24) is 4.90 Å². The molecule has 26 heavy (non-hydrogen) atoms. The largest absolute Gasteiger partial charge is 0.502 e. The van der Waals surface area contributed by atoms with Gasteiger partial charge in [-0.25, -0.2) is 4.39 Å². The highest BCUT2D eigenvalue weighted by molar-refractivity contribution is 8.18. The van der Waals surface area contributed by atoms with Crippen LogP contribution in [0.15, 0.2) is 47.4 Å². The molecule has 2 amide bonds. The summed E-state index contributed by atoms with van der Waals surface area (Å²) in [4.78, 5) is 35.6. The molecule has 3 rings (SSSR count). The van der Waals surface area contributed by atoms with E-state index in [0.29, 0.717) is 11.8 Å². The third kappa shape index (κ3) is 3.42. The highest BCUT2D eigenvalue weighted by Gasteiger charge is 2.35. The van der Waals surface area contributed by atoms with Crippen molar-refractivity contribution in [1.29, 1.82) is 0 Å². The molecule has 0 aromatic heterocycles. The summed E-state index contributed by atoms with van der Waals surface area (Å²) < 4.78 is 13.7. The fourth-order valence-electron chi connectivity index (χ4n) is 2.36. The summed E-state index contributed by atoms with van der Waals surface area (Å²) in [5.41, 5.74) is -0.0217. The van der Waals surface area contributed by atoms with Crippen LogP contribution in [0, 0.1) is 15.9 Å². The predicted octanol–water partition coefficient (Wildman–Crippen LogP) is 3.68. The fourth-order valence-corrected chi connectivity index (χ4v) is 3.20. The molecule has 1 saturated heterocycles. The van der Waals surface area contributed by atoms with Crippen LogP contribution in [0.1, 0.15) is 11.1 Å². The van der Waals surface area contributed by atoms with E-state index >= 15 is 0 Å². The van der Waals surface area contributed by atoms with Crippen molar-refractivity contribution in [3.8, 4) is 5.75 Å². The quantitative estimate of drug-likeness (QED) is 0.498. The zero-order chi connectivity index (χ0) is 18.8. The molecule has 0 radical (unpaired) electrons. The van der Waals surface area contributed by atoms with E-state index < -0.39 is 33.3 Å². The van der Waals surface area contributed by atoms with Crippen molar-refractivity contribution in [2.45, 2.75) is 6.54 Å². The second-order valence-corrected chi connectivity index (χ2v) is 6.36. The molecule has 1 heterocycles. The molecule has 1 aliphatic heterocycles. The third-order valence-electron chi connectivity index (χ3n) is 3.65. The summed E-state index contributed by atoms with van der Waals surface area (Å²) in [6.07, 6.45) is 1.32. The van der Waals surface area contributed by atoms with Crippen LogP contribution in [0.4, 0.5) is 14.9 Å². The fraction of sp³-hybridized carbons (Fsp3) is 0.0588. The summed E-state index contributed by atoms with van der Waals surface area (Å²) in [7, 11) is 0. The van der Waals surface area contributed by atoms with E-state index in [1.807, 2.05) is 0 Å². The van der Waals surface area contributed by atoms with Crippen LogP contribution in [0.3, 0.4) is 0 Å². The van der Waals surface area contributed by atoms with Crippen LogP contribution in [0.5, 0.6) is 5.75 Å². The smallest absolute Gasteiger partial charge is 0.311 e. The first-order valence-electron chi connectivity index (χ1n) is 7.33. The monoisotopic (exact) mass is 374 g/mol. The van der Waals surface area contributed by atoms with Crippen LogP contribution < -0.4 is 0 Å². The van der Waals surface area contributed by atoms with Crippen molar-refractivity contribution in [3.63, 3.8) is 0 Å². The average molecular weight is 374 g/mol. The van der Waals surface area contributed by atoms with Crippen molar-refractivity contribution < 1.29 is 24.0 Å². The summed E-state index contributed by atoms with van der Waals surface area (Å²) in [5.74, 6) is -1.64. The van der Waals surface area contributed by atoms with Crippen molar-refractivity contribution >= 4 is 34.7 Å². The number of nitro groups is 1. The maximum absolute atomic E-state index is 13.7. The van der Waals surface area contributed by atoms with Gasteiger partial charge in [-0.2, -0.15) is 0 Å². The van der Waals surface area contributed by atoms with E-state index in [2.05, 4.69) is 0 Å². The Kier molecular flexibility index (Phi) is 4.72. The minimum Gasteiger partial charge on any atom is -0.502 e. The molecule has 9 heteroatoms. The van der Waals surface area contributed by atoms with Gasteiger partial charge in [-0.1, -0.05) is 24.3 Å². The number of phenolic OH excluding ortho intramolecular Hbond substituents is 1. The highest BCUT2D eigenvalue weighted by atomic mass is 32.2. The minimum absolute atomic E-state index is 0.0614. The zero-order valence-electron chi connectivity index (χ0n) is 13.1. The van der Waals surface area contributed by atoms with Gasteiger partial charge in [-0.3, -0.25) is 24.6 Å². The summed E-state index contributed by atoms with van der Waals surface area (Å²) in [6.45, 7) is -0.204. The first-order chi connectivity index (χ1) is 12.4. The number of hydrogen-bond acceptors (Lipinski definition) is 6. The van der Waals surface area contributed by atoms with Gasteiger partial charge in [-0.05, 0) is 35.5 Å². The molecule has 1 N–H and O–H groups in total. The highest BCUT2D eigenvalue weighted by Crippen LogP contribution is 2.35. The maximum Gasteiger partial charge on any atom is 0.311 e. The van der Waals surface area contributed by atoms with Crippen LogP contribution in [0.25, 0.3) is 6.08 Å². The van der Waals surface area contributed by atoms with E-state index in [1.54, 1.807) is 6.07 Å². The van der Waals surface area contributed by atoms with E-state index in [9.17, 15) is 29.2 Å². The number of hydrogen-bond donors (Lipinski definition) is 1. The second kappa shape index (κ2) is 6.96. The van der Waals surface area contributed by atoms with E-state index in [1.165, 1.54) is 30.3 Å². The molecule has 0 unspecified atom stereocenters. The lowest BCUT2D eigenvalue weighted by Gasteiger charge is -2.12. The van der Waals surface area contributed by atoms with Crippen LogP contribution in [-0.4, -0.2) is 26.1 Å². The first-order valence-corrected chi connectivity index (χ1v) is 8.14. The molecule has 0 atom stereocenters. The van der Waals surface area contributed by atoms with Crippen molar-refractivity contribution in [2.24, 2.45) is 0 Å². The number of halogens is 1. The van der Waals surface area contributed by atoms with Gasteiger partial charge in [0.05, 0.1) is 16.4 Å². The molecule has 1 aliphatic rings. The molecule has 132 valence electrons. The van der Waals surface area contributed by atoms with Crippen molar-refractivity contribution in [2.75, 3.05) is 0 Å². The standard InChI is InChI=1S/C17H11FN2O5S/c18-12-4-2-1-3-11(12)9-19-16(22)15(26-17(19)23)8-10-5-6-14(21)13(7-10)20(24)25/h1-8,21H,9H2/b15-8-. The molecule has 0 saturated carbocycles. The lowest BCUT2D eigenvalue weighted by Crippen LogP contribution is -2.27. The number of phenols is 1. The number of carbonyl (C=O) groups excluding carboxylic acids is 2. The molecule has 0 aliphatic carbocycles. The molecule has 1 fully saturated rings. The number of amides is 2. The van der Waals surface area contributed by atoms with Gasteiger partial charge in [0.1, 0.15) is 5.82 Å². The molecule has 2 aromatic rings. The molecule has 0 spiro atoms. The van der Waals surface area contributed by atoms with Crippen LogP contribution in [-0.2, 0) is 11.3 Å². The van der Waals surface area contributed by atoms with Gasteiger partial charge in [0, 0.05) is 11.6 Å². The van der Waals surface area contributed by atoms with Gasteiger partial charge in [0.2, 0.25) is 0 Å². The van der Waals surface area contributed by atoms with Gasteiger partial charge in [-0.15, -0.1) is 0 Å². The van der Waals surface area contributed by atoms with Crippen molar-refractivity contribution in [3.05, 3.63) is 74.4 Å². The van der Waals surface area contributed by atoms with Gasteiger partial charge in [0.15, 0.2) is 5.75 Å². The van der Waals surface area contributed by atoms with Gasteiger partial charge >= 0.3 is 5.69 Å². The van der Waals surface area contributed by atoms with Gasteiger partial charge in [0.25, 0.3) is 11.1 Å². The van der Waals surface area contributed by atoms with Crippen LogP contribution >= 0.6 is 11.8 Å². The maximum atomic E-state index is 13.7. The van der Waals surface area contributed by atoms with Gasteiger partial charge < -0.3 is 5.11 Å². The molecular weight excluding hydrogens is 363 g/mol. The number of rotatable bonds is 4. The lowest BCUT2D eigenvalue weighted by molar-refractivity contribution is -0.385. The van der Waals surface area contributed by atoms with Crippen LogP contribution in [0.2, 0.25) is 0 Å². The normalized spacial score (nSPS) is 15.7. The topological polar surface area (TPSA) is 101 Å². The Morgan fingerprint density at radius 3 is 2.65 bits per heavy atom. The lowest BCUT2D eigenvalue weighted by atomic mass is 10.1. The molecule has 2 aromatic carbocycles. The van der Waals surface area contributed by atoms with E-state index in [4.69, 9.17) is 0 Å². The average Bonchev–Trinajstić information content (AvgIpc) is 2.85. The number of nitro benzene ring substituents is 1. The Balaban J connectivity index is 1.87. The number of thioether (sulfide) groups is 1. The number of imide groups is 1. The Morgan fingerprint density at radius 2 is 1.96 bits per heavy atom. The molecule has 0 bridgehead atoms. The Morgan fingerprint density at radius 1 is 1.23 bits per heavy atom. The predicted molar refractivity (Wildman–Crippen MR) is 92.7 cm³/mol. The Bertz CT molecular complexity index is 960. The summed E-state index contributed by atoms with van der Waals surface area (Å²) in [5, 5.41) is 19.8. The number of carbonyl (C=O) groups is 2. The SMILES string of the molecule is O=C1S/C(=C\c2ccc(O)c([N+](=O)[O-])c2)C(=O)N1Cc1ccccc1F. The second-order valence-electron chi connectivity index (χ2n) is 5.36. The zero-order valence-corrected chi connectivity index (χ0v) is 13.9. The Labute approximate surface area is 150 Å². The molecular formula is C17H11FN2O5S. The minimum atomic E-state index is -0.753. The summed E-state index contributed by atoms with van der Waals surface area (Å²) in [6, 6.07) is 9.43. The third-order valence-corrected chi connectivity index (χ3v) is 4.56. The number of aromatic hydroxyl groups is 1. The summed E-state index contributed by atoms with van der Waals surface area (Å²) >= 11 is 0.664.